The molecule has 0 aromatic heterocycles. The van der Waals surface area contributed by atoms with Crippen molar-refractivity contribution in [1.29, 1.82) is 0 Å². The summed E-state index contributed by atoms with van der Waals surface area (Å²) in [5, 5.41) is 2.60. The van der Waals surface area contributed by atoms with Gasteiger partial charge >= 0.3 is 11.9 Å². The lowest BCUT2D eigenvalue weighted by atomic mass is 9.80. The molecule has 3 rings (SSSR count). The molecule has 2 bridgehead atoms. The first-order valence-electron chi connectivity index (χ1n) is 4.99. The highest BCUT2D eigenvalue weighted by molar-refractivity contribution is 6.09. The van der Waals surface area contributed by atoms with E-state index in [0.717, 1.165) is 0 Å². The van der Waals surface area contributed by atoms with Gasteiger partial charge in [0.25, 0.3) is 0 Å². The van der Waals surface area contributed by atoms with Gasteiger partial charge in [-0.15, -0.1) is 0 Å². The van der Waals surface area contributed by atoms with Crippen molar-refractivity contribution in [1.82, 2.24) is 5.32 Å². The summed E-state index contributed by atoms with van der Waals surface area (Å²) in [6.07, 6.45) is 3.24. The van der Waals surface area contributed by atoms with Crippen LogP contribution in [0.3, 0.4) is 0 Å². The minimum atomic E-state index is -0.776. The topological polar surface area (TPSA) is 81.7 Å². The maximum atomic E-state index is 11.6. The number of fused-ring (bicyclic) bond motifs is 1. The van der Waals surface area contributed by atoms with Crippen LogP contribution in [0, 0.1) is 5.92 Å². The molecule has 3 aliphatic rings. The van der Waals surface area contributed by atoms with E-state index in [1.165, 1.54) is 14.2 Å². The highest BCUT2D eigenvalue weighted by Crippen LogP contribution is 2.31. The second-order valence-corrected chi connectivity index (χ2v) is 3.66. The SMILES string of the molecule is COC(=O)C1=C(C(=O)OC)[C@H]2C=C[C@@H]1C(=O)N2. The molecule has 0 spiro atoms. The number of carbonyl (C=O) groups is 3. The normalized spacial score (nSPS) is 25.6. The number of hydrogen-bond acceptors (Lipinski definition) is 5. The smallest absolute Gasteiger partial charge is 0.336 e. The first-order valence-corrected chi connectivity index (χ1v) is 4.99. The molecule has 0 aromatic carbocycles. The van der Waals surface area contributed by atoms with Gasteiger partial charge in [0.15, 0.2) is 0 Å². The minimum absolute atomic E-state index is 0.0654. The quantitative estimate of drug-likeness (QED) is 0.508. The Labute approximate surface area is 97.3 Å². The minimum Gasteiger partial charge on any atom is -0.466 e. The third-order valence-corrected chi connectivity index (χ3v) is 2.80. The van der Waals surface area contributed by atoms with Crippen LogP contribution >= 0.6 is 0 Å². The Morgan fingerprint density at radius 3 is 2.24 bits per heavy atom. The lowest BCUT2D eigenvalue weighted by Gasteiger charge is -2.33. The number of ether oxygens (including phenoxy) is 2. The summed E-state index contributed by atoms with van der Waals surface area (Å²) in [4.78, 5) is 34.8. The third kappa shape index (κ3) is 1.61. The van der Waals surface area contributed by atoms with Gasteiger partial charge < -0.3 is 14.8 Å². The molecule has 1 amide bonds. The molecule has 0 fully saturated rings. The molecule has 2 atom stereocenters. The maximum Gasteiger partial charge on any atom is 0.336 e. The fourth-order valence-corrected chi connectivity index (χ4v) is 2.03. The zero-order valence-corrected chi connectivity index (χ0v) is 9.35. The van der Waals surface area contributed by atoms with Crippen LogP contribution in [0.15, 0.2) is 23.3 Å². The van der Waals surface area contributed by atoms with Crippen molar-refractivity contribution in [3.05, 3.63) is 23.3 Å². The molecule has 2 heterocycles. The number of methoxy groups -OCH3 is 2. The average Bonchev–Trinajstić information content (AvgIpc) is 2.36. The van der Waals surface area contributed by atoms with Crippen LogP contribution in [-0.2, 0) is 23.9 Å². The Balaban J connectivity index is 2.54. The zero-order valence-electron chi connectivity index (χ0n) is 9.35. The van der Waals surface area contributed by atoms with Gasteiger partial charge in [0.2, 0.25) is 5.91 Å². The van der Waals surface area contributed by atoms with Crippen molar-refractivity contribution >= 4 is 17.8 Å². The fourth-order valence-electron chi connectivity index (χ4n) is 2.03. The standard InChI is InChI=1S/C11H11NO5/c1-16-10(14)7-5-3-4-6(12-9(5)13)8(7)11(15)17-2/h3-6H,1-2H3,(H,12,13)/t5-,6+/m0/s1. The first kappa shape index (κ1) is 11.4. The van der Waals surface area contributed by atoms with E-state index in [0.29, 0.717) is 0 Å². The monoisotopic (exact) mass is 237 g/mol. The van der Waals surface area contributed by atoms with Crippen molar-refractivity contribution in [2.45, 2.75) is 6.04 Å². The van der Waals surface area contributed by atoms with Crippen molar-refractivity contribution in [3.63, 3.8) is 0 Å². The summed E-state index contributed by atoms with van der Waals surface area (Å²) in [7, 11) is 2.42. The Bertz CT molecular complexity index is 462. The Kier molecular flexibility index (Phi) is 2.71. The average molecular weight is 237 g/mol. The number of rotatable bonds is 2. The highest BCUT2D eigenvalue weighted by atomic mass is 16.5. The van der Waals surface area contributed by atoms with Gasteiger partial charge in [-0.1, -0.05) is 12.2 Å². The third-order valence-electron chi connectivity index (χ3n) is 2.80. The van der Waals surface area contributed by atoms with Crippen LogP contribution in [0.25, 0.3) is 0 Å². The first-order chi connectivity index (χ1) is 8.10. The van der Waals surface area contributed by atoms with Gasteiger partial charge in [0.05, 0.1) is 37.3 Å². The van der Waals surface area contributed by atoms with Crippen molar-refractivity contribution in [3.8, 4) is 0 Å². The molecule has 2 aliphatic heterocycles. The molecule has 0 radical (unpaired) electrons. The van der Waals surface area contributed by atoms with Crippen LogP contribution in [-0.4, -0.2) is 38.1 Å². The summed E-state index contributed by atoms with van der Waals surface area (Å²) in [6, 6.07) is -0.617. The molecular formula is C11H11NO5. The molecule has 0 unspecified atom stereocenters. The molecule has 6 nitrogen and oxygen atoms in total. The second-order valence-electron chi connectivity index (χ2n) is 3.66. The summed E-state index contributed by atoms with van der Waals surface area (Å²) in [5.41, 5.74) is 0.210. The predicted octanol–water partition coefficient (Wildman–Crippen LogP) is -0.687. The summed E-state index contributed by atoms with van der Waals surface area (Å²) in [5.74, 6) is -2.41. The van der Waals surface area contributed by atoms with Crippen LogP contribution in [0.4, 0.5) is 0 Å². The molecule has 6 heteroatoms. The van der Waals surface area contributed by atoms with Crippen LogP contribution < -0.4 is 5.32 Å². The maximum absolute atomic E-state index is 11.6. The van der Waals surface area contributed by atoms with E-state index in [1.807, 2.05) is 0 Å². The van der Waals surface area contributed by atoms with E-state index in [1.54, 1.807) is 12.2 Å². The number of carbonyl (C=O) groups excluding carboxylic acids is 3. The molecule has 1 N–H and O–H groups in total. The Morgan fingerprint density at radius 2 is 1.71 bits per heavy atom. The Hall–Kier alpha value is -2.11. The lowest BCUT2D eigenvalue weighted by Crippen LogP contribution is -2.51. The molecule has 0 saturated heterocycles. The lowest BCUT2D eigenvalue weighted by molar-refractivity contribution is -0.141. The van der Waals surface area contributed by atoms with Crippen LogP contribution in [0.2, 0.25) is 0 Å². The zero-order chi connectivity index (χ0) is 12.6. The van der Waals surface area contributed by atoms with E-state index < -0.39 is 23.9 Å². The van der Waals surface area contributed by atoms with Crippen molar-refractivity contribution < 1.29 is 23.9 Å². The highest BCUT2D eigenvalue weighted by Gasteiger charge is 2.43. The van der Waals surface area contributed by atoms with Gasteiger partial charge in [-0.25, -0.2) is 9.59 Å². The van der Waals surface area contributed by atoms with E-state index in [9.17, 15) is 14.4 Å². The number of nitrogens with one attached hydrogen (secondary N) is 1. The molecular weight excluding hydrogens is 226 g/mol. The predicted molar refractivity (Wildman–Crippen MR) is 55.6 cm³/mol. The van der Waals surface area contributed by atoms with Crippen LogP contribution in [0.1, 0.15) is 0 Å². The van der Waals surface area contributed by atoms with Gasteiger partial charge in [-0.2, -0.15) is 0 Å². The van der Waals surface area contributed by atoms with E-state index in [2.05, 4.69) is 14.8 Å². The summed E-state index contributed by atoms with van der Waals surface area (Å²) in [6.45, 7) is 0. The Morgan fingerprint density at radius 1 is 1.12 bits per heavy atom. The van der Waals surface area contributed by atoms with Gasteiger partial charge in [-0.05, 0) is 0 Å². The van der Waals surface area contributed by atoms with E-state index >= 15 is 0 Å². The largest absolute Gasteiger partial charge is 0.466 e. The summed E-state index contributed by atoms with van der Waals surface area (Å²) >= 11 is 0. The second kappa shape index (κ2) is 4.04. The fraction of sp³-hybridized carbons (Fsp3) is 0.364. The van der Waals surface area contributed by atoms with Gasteiger partial charge in [-0.3, -0.25) is 4.79 Å². The summed E-state index contributed by atoms with van der Waals surface area (Å²) < 4.78 is 9.21. The molecule has 0 saturated carbocycles. The molecule has 0 aromatic rings. The van der Waals surface area contributed by atoms with Crippen molar-refractivity contribution in [2.75, 3.05) is 14.2 Å². The number of amides is 1. The molecule has 17 heavy (non-hydrogen) atoms. The van der Waals surface area contributed by atoms with E-state index in [4.69, 9.17) is 0 Å². The van der Waals surface area contributed by atoms with Crippen LogP contribution in [0.5, 0.6) is 0 Å². The van der Waals surface area contributed by atoms with Gasteiger partial charge in [0.1, 0.15) is 0 Å². The number of esters is 2. The molecule has 90 valence electrons. The van der Waals surface area contributed by atoms with E-state index in [-0.39, 0.29) is 17.1 Å². The molecule has 1 aliphatic carbocycles. The number of hydrogen-bond donors (Lipinski definition) is 1. The van der Waals surface area contributed by atoms with Gasteiger partial charge in [0, 0.05) is 0 Å². The van der Waals surface area contributed by atoms with Crippen molar-refractivity contribution in [2.24, 2.45) is 5.92 Å².